The molecule has 0 fully saturated rings. The molecule has 1 aliphatic carbocycles. The molecule has 1 heterocycles. The van der Waals surface area contributed by atoms with Crippen LogP contribution in [0.1, 0.15) is 23.2 Å². The first-order valence-corrected chi connectivity index (χ1v) is 7.42. The molecule has 110 valence electrons. The van der Waals surface area contributed by atoms with E-state index in [1.807, 2.05) is 6.07 Å². The maximum absolute atomic E-state index is 13.8. The fourth-order valence-corrected chi connectivity index (χ4v) is 2.86. The van der Waals surface area contributed by atoms with E-state index in [2.05, 4.69) is 20.9 Å². The van der Waals surface area contributed by atoms with Gasteiger partial charge in [0.15, 0.2) is 11.6 Å². The number of pyridine rings is 1. The van der Waals surface area contributed by atoms with Crippen molar-refractivity contribution in [3.05, 3.63) is 51.1 Å². The number of hydrogen-bond acceptors (Lipinski definition) is 3. The lowest BCUT2D eigenvalue weighted by atomic mass is 10.1. The lowest BCUT2D eigenvalue weighted by Crippen LogP contribution is -2.05. The molecule has 0 atom stereocenters. The number of benzene rings is 1. The smallest absolute Gasteiger partial charge is 0.224 e. The maximum Gasteiger partial charge on any atom is 0.224 e. The number of hydrogen-bond donors (Lipinski definition) is 1. The Morgan fingerprint density at radius 1 is 1.24 bits per heavy atom. The molecule has 0 aliphatic heterocycles. The van der Waals surface area contributed by atoms with Crippen LogP contribution in [0.15, 0.2) is 22.7 Å². The molecule has 2 N–H and O–H groups in total. The van der Waals surface area contributed by atoms with Gasteiger partial charge in [0.25, 0.3) is 0 Å². The van der Waals surface area contributed by atoms with Crippen LogP contribution in [0.4, 0.5) is 8.78 Å². The van der Waals surface area contributed by atoms with Gasteiger partial charge in [0.1, 0.15) is 0 Å². The van der Waals surface area contributed by atoms with Crippen molar-refractivity contribution in [3.63, 3.8) is 0 Å². The minimum absolute atomic E-state index is 0.206. The van der Waals surface area contributed by atoms with Gasteiger partial charge in [-0.15, -0.1) is 0 Å². The number of halogens is 3. The largest absolute Gasteiger partial charge is 0.435 e. The van der Waals surface area contributed by atoms with Gasteiger partial charge in [-0.3, -0.25) is 0 Å². The van der Waals surface area contributed by atoms with Crippen LogP contribution in [-0.2, 0) is 19.4 Å². The first-order chi connectivity index (χ1) is 10.1. The molecule has 1 aliphatic rings. The van der Waals surface area contributed by atoms with Gasteiger partial charge in [-0.2, -0.15) is 4.39 Å². The van der Waals surface area contributed by atoms with Crippen molar-refractivity contribution in [2.75, 3.05) is 0 Å². The summed E-state index contributed by atoms with van der Waals surface area (Å²) < 4.78 is 33.1. The molecule has 0 radical (unpaired) electrons. The molecule has 0 bridgehead atoms. The quantitative estimate of drug-likeness (QED) is 0.851. The zero-order valence-electron chi connectivity index (χ0n) is 11.1. The Labute approximate surface area is 129 Å². The zero-order chi connectivity index (χ0) is 15.0. The number of aryl methyl sites for hydroxylation is 2. The first kappa shape index (κ1) is 14.4. The molecule has 0 saturated carbocycles. The standard InChI is InChI=1S/C15H13BrF2N2O/c16-10-5-11(17)14(18)13(6-10)21-15-9(7-19)4-8-2-1-3-12(8)20-15/h4-6H,1-3,7,19H2. The number of fused-ring (bicyclic) bond motifs is 1. The van der Waals surface area contributed by atoms with Crippen molar-refractivity contribution in [3.8, 4) is 11.6 Å². The van der Waals surface area contributed by atoms with E-state index in [4.69, 9.17) is 10.5 Å². The lowest BCUT2D eigenvalue weighted by molar-refractivity contribution is 0.400. The summed E-state index contributed by atoms with van der Waals surface area (Å²) in [4.78, 5) is 4.41. The molecule has 1 aromatic heterocycles. The van der Waals surface area contributed by atoms with E-state index < -0.39 is 11.6 Å². The molecule has 0 saturated heterocycles. The zero-order valence-corrected chi connectivity index (χ0v) is 12.7. The van der Waals surface area contributed by atoms with Gasteiger partial charge < -0.3 is 10.5 Å². The van der Waals surface area contributed by atoms with Crippen molar-refractivity contribution >= 4 is 15.9 Å². The van der Waals surface area contributed by atoms with Crippen LogP contribution in [0.2, 0.25) is 0 Å². The Morgan fingerprint density at radius 2 is 2.05 bits per heavy atom. The minimum atomic E-state index is -1.04. The van der Waals surface area contributed by atoms with Crippen molar-refractivity contribution in [2.45, 2.75) is 25.8 Å². The van der Waals surface area contributed by atoms with E-state index >= 15 is 0 Å². The normalized spacial score (nSPS) is 13.3. The van der Waals surface area contributed by atoms with E-state index in [0.717, 1.165) is 36.6 Å². The van der Waals surface area contributed by atoms with Crippen molar-refractivity contribution in [1.29, 1.82) is 0 Å². The van der Waals surface area contributed by atoms with Crippen LogP contribution < -0.4 is 10.5 Å². The maximum atomic E-state index is 13.8. The molecule has 21 heavy (non-hydrogen) atoms. The summed E-state index contributed by atoms with van der Waals surface area (Å²) >= 11 is 3.11. The summed E-state index contributed by atoms with van der Waals surface area (Å²) in [6, 6.07) is 4.35. The van der Waals surface area contributed by atoms with E-state index in [9.17, 15) is 8.78 Å². The van der Waals surface area contributed by atoms with Crippen LogP contribution in [0.3, 0.4) is 0 Å². The van der Waals surface area contributed by atoms with Crippen LogP contribution >= 0.6 is 15.9 Å². The van der Waals surface area contributed by atoms with Gasteiger partial charge in [-0.25, -0.2) is 9.37 Å². The average molecular weight is 355 g/mol. The first-order valence-electron chi connectivity index (χ1n) is 6.62. The van der Waals surface area contributed by atoms with Gasteiger partial charge >= 0.3 is 0 Å². The molecule has 0 spiro atoms. The van der Waals surface area contributed by atoms with Crippen LogP contribution in [0.25, 0.3) is 0 Å². The Kier molecular flexibility index (Phi) is 3.91. The topological polar surface area (TPSA) is 48.1 Å². The second kappa shape index (κ2) is 5.69. The van der Waals surface area contributed by atoms with Gasteiger partial charge in [-0.05, 0) is 43.0 Å². The van der Waals surface area contributed by atoms with E-state index in [1.54, 1.807) is 0 Å². The Hall–Kier alpha value is -1.53. The number of aromatic nitrogens is 1. The fourth-order valence-electron chi connectivity index (χ4n) is 2.45. The van der Waals surface area contributed by atoms with Gasteiger partial charge in [-0.1, -0.05) is 15.9 Å². The highest BCUT2D eigenvalue weighted by Crippen LogP contribution is 2.32. The molecular weight excluding hydrogens is 342 g/mol. The Balaban J connectivity index is 2.02. The molecule has 2 aromatic rings. The second-order valence-electron chi connectivity index (χ2n) is 4.92. The van der Waals surface area contributed by atoms with E-state index in [-0.39, 0.29) is 18.2 Å². The molecule has 3 rings (SSSR count). The molecular formula is C15H13BrF2N2O. The highest BCUT2D eigenvalue weighted by Gasteiger charge is 2.19. The highest BCUT2D eigenvalue weighted by atomic mass is 79.9. The predicted molar refractivity (Wildman–Crippen MR) is 78.3 cm³/mol. The monoisotopic (exact) mass is 354 g/mol. The summed E-state index contributed by atoms with van der Waals surface area (Å²) in [6.45, 7) is 0.230. The van der Waals surface area contributed by atoms with Crippen molar-refractivity contribution in [1.82, 2.24) is 4.98 Å². The lowest BCUT2D eigenvalue weighted by Gasteiger charge is -2.12. The molecule has 1 aromatic carbocycles. The minimum Gasteiger partial charge on any atom is -0.435 e. The molecule has 0 amide bonds. The Morgan fingerprint density at radius 3 is 2.81 bits per heavy atom. The Bertz CT molecular complexity index is 707. The van der Waals surface area contributed by atoms with Crippen LogP contribution in [0, 0.1) is 11.6 Å². The summed E-state index contributed by atoms with van der Waals surface area (Å²) in [7, 11) is 0. The average Bonchev–Trinajstić information content (AvgIpc) is 2.90. The van der Waals surface area contributed by atoms with Crippen LogP contribution in [-0.4, -0.2) is 4.98 Å². The molecule has 3 nitrogen and oxygen atoms in total. The SMILES string of the molecule is NCc1cc2c(nc1Oc1cc(Br)cc(F)c1F)CCC2. The van der Waals surface area contributed by atoms with Gasteiger partial charge in [0.05, 0.1) is 0 Å². The summed E-state index contributed by atoms with van der Waals surface area (Å²) in [5, 5.41) is 0. The third-order valence-electron chi connectivity index (χ3n) is 3.48. The molecule has 6 heteroatoms. The van der Waals surface area contributed by atoms with Crippen molar-refractivity contribution in [2.24, 2.45) is 5.73 Å². The second-order valence-corrected chi connectivity index (χ2v) is 5.83. The third kappa shape index (κ3) is 2.78. The van der Waals surface area contributed by atoms with E-state index in [0.29, 0.717) is 10.0 Å². The number of ether oxygens (including phenoxy) is 1. The van der Waals surface area contributed by atoms with Crippen LogP contribution in [0.5, 0.6) is 11.6 Å². The predicted octanol–water partition coefficient (Wildman–Crippen LogP) is 3.86. The van der Waals surface area contributed by atoms with E-state index in [1.165, 1.54) is 6.07 Å². The molecule has 0 unspecified atom stereocenters. The summed E-state index contributed by atoms with van der Waals surface area (Å²) in [5.74, 6) is -1.98. The highest BCUT2D eigenvalue weighted by molar-refractivity contribution is 9.10. The fraction of sp³-hybridized carbons (Fsp3) is 0.267. The van der Waals surface area contributed by atoms with Crippen molar-refractivity contribution < 1.29 is 13.5 Å². The summed E-state index contributed by atoms with van der Waals surface area (Å²) in [6.07, 6.45) is 2.87. The summed E-state index contributed by atoms with van der Waals surface area (Å²) in [5.41, 5.74) is 8.49. The van der Waals surface area contributed by atoms with Gasteiger partial charge in [0.2, 0.25) is 11.7 Å². The van der Waals surface area contributed by atoms with Gasteiger partial charge in [0, 0.05) is 22.3 Å². The third-order valence-corrected chi connectivity index (χ3v) is 3.93. The number of nitrogens with zero attached hydrogens (tertiary/aromatic N) is 1. The number of nitrogens with two attached hydrogens (primary N) is 1. The number of rotatable bonds is 3.